The summed E-state index contributed by atoms with van der Waals surface area (Å²) in [6.07, 6.45) is 3.81. The van der Waals surface area contributed by atoms with Gasteiger partial charge < -0.3 is 14.2 Å². The highest BCUT2D eigenvalue weighted by molar-refractivity contribution is 6.76. The van der Waals surface area contributed by atoms with E-state index in [9.17, 15) is 4.79 Å². The van der Waals surface area contributed by atoms with E-state index in [0.29, 0.717) is 23.7 Å². The Balaban J connectivity index is 1.57. The lowest BCUT2D eigenvalue weighted by atomic mass is 10.1. The van der Waals surface area contributed by atoms with Crippen LogP contribution >= 0.6 is 0 Å². The van der Waals surface area contributed by atoms with E-state index in [1.807, 2.05) is 39.8 Å². The van der Waals surface area contributed by atoms with Gasteiger partial charge in [0.25, 0.3) is 0 Å². The second kappa shape index (κ2) is 10.7. The third kappa shape index (κ3) is 7.69. The lowest BCUT2D eigenvalue weighted by molar-refractivity contribution is 0.0229. The van der Waals surface area contributed by atoms with Crippen molar-refractivity contribution in [1.82, 2.24) is 19.9 Å². The third-order valence-corrected chi connectivity index (χ3v) is 7.62. The van der Waals surface area contributed by atoms with Crippen LogP contribution in [0.2, 0.25) is 25.7 Å². The Morgan fingerprint density at radius 1 is 1.14 bits per heavy atom. The molecule has 1 aliphatic rings. The molecule has 198 valence electrons. The maximum Gasteiger partial charge on any atom is 0.413 e. The lowest BCUT2D eigenvalue weighted by Crippen LogP contribution is -2.27. The smallest absolute Gasteiger partial charge is 0.413 e. The van der Waals surface area contributed by atoms with Crippen molar-refractivity contribution < 1.29 is 19.0 Å². The topological polar surface area (TPSA) is 108 Å². The number of carbonyl (C=O) groups excluding carboxylic acids is 1. The number of pyridine rings is 2. The van der Waals surface area contributed by atoms with Crippen LogP contribution in [-0.4, -0.2) is 53.1 Å². The summed E-state index contributed by atoms with van der Waals surface area (Å²) in [5, 5.41) is 3.44. The summed E-state index contributed by atoms with van der Waals surface area (Å²) in [6.45, 7) is 15.2. The van der Waals surface area contributed by atoms with E-state index in [0.717, 1.165) is 35.1 Å². The predicted octanol–water partition coefficient (Wildman–Crippen LogP) is 6.04. The zero-order valence-electron chi connectivity index (χ0n) is 22.8. The summed E-state index contributed by atoms with van der Waals surface area (Å²) in [6, 6.07) is 6.67. The van der Waals surface area contributed by atoms with Crippen molar-refractivity contribution in [2.45, 2.75) is 77.2 Å². The second-order valence-corrected chi connectivity index (χ2v) is 17.4. The van der Waals surface area contributed by atoms with E-state index in [4.69, 9.17) is 19.2 Å². The molecule has 3 aromatic heterocycles. The first kappa shape index (κ1) is 26.9. The molecule has 3 heterocycles. The van der Waals surface area contributed by atoms with Gasteiger partial charge in [0.1, 0.15) is 23.0 Å². The summed E-state index contributed by atoms with van der Waals surface area (Å²) >= 11 is 0. The standard InChI is InChI=1S/C27H37N5O4Si/c1-17-8-9-28-25(30-17)19-12-18(19)21-13-23(35-16-34-10-11-37(5,6)7)20-15-29-24(14-22(20)31-21)32-26(33)36-27(2,3)4/h8-9,13-15,18-19H,10-12,16H2,1-7H3,(H,29,32,33)/t18-,19-/m0/s1. The van der Waals surface area contributed by atoms with Crippen LogP contribution in [0.4, 0.5) is 10.6 Å². The molecule has 1 aliphatic carbocycles. The molecule has 0 bridgehead atoms. The van der Waals surface area contributed by atoms with E-state index in [1.165, 1.54) is 0 Å². The fourth-order valence-corrected chi connectivity index (χ4v) is 4.65. The number of ether oxygens (including phenoxy) is 3. The largest absolute Gasteiger partial charge is 0.467 e. The highest BCUT2D eigenvalue weighted by atomic mass is 28.3. The molecule has 0 saturated heterocycles. The van der Waals surface area contributed by atoms with Crippen LogP contribution in [-0.2, 0) is 9.47 Å². The van der Waals surface area contributed by atoms with Crippen LogP contribution < -0.4 is 10.1 Å². The summed E-state index contributed by atoms with van der Waals surface area (Å²) in [7, 11) is -1.18. The van der Waals surface area contributed by atoms with Gasteiger partial charge in [-0.05, 0) is 46.2 Å². The molecule has 0 spiro atoms. The molecule has 37 heavy (non-hydrogen) atoms. The Bertz CT molecular complexity index is 1270. The summed E-state index contributed by atoms with van der Waals surface area (Å²) in [5.41, 5.74) is 1.91. The van der Waals surface area contributed by atoms with E-state index in [2.05, 4.69) is 39.9 Å². The molecular formula is C27H37N5O4Si. The van der Waals surface area contributed by atoms with E-state index < -0.39 is 19.8 Å². The van der Waals surface area contributed by atoms with Crippen LogP contribution in [0, 0.1) is 6.92 Å². The van der Waals surface area contributed by atoms with Crippen molar-refractivity contribution in [3.63, 3.8) is 0 Å². The average molecular weight is 524 g/mol. The molecule has 0 aromatic carbocycles. The SMILES string of the molecule is Cc1ccnc([C@H]2C[C@@H]2c2cc(OCOCC[Si](C)(C)C)c3cnc(NC(=O)OC(C)(C)C)cc3n2)n1. The van der Waals surface area contributed by atoms with Crippen molar-refractivity contribution in [3.8, 4) is 5.75 Å². The molecule has 0 aliphatic heterocycles. The minimum absolute atomic E-state index is 0.149. The molecule has 3 aromatic rings. The van der Waals surface area contributed by atoms with Gasteiger partial charge in [0.2, 0.25) is 0 Å². The highest BCUT2D eigenvalue weighted by Gasteiger charge is 2.43. The lowest BCUT2D eigenvalue weighted by Gasteiger charge is -2.19. The Morgan fingerprint density at radius 2 is 1.92 bits per heavy atom. The number of fused-ring (bicyclic) bond motifs is 1. The fraction of sp³-hybridized carbons (Fsp3) is 0.519. The van der Waals surface area contributed by atoms with Gasteiger partial charge in [0.15, 0.2) is 6.79 Å². The van der Waals surface area contributed by atoms with Gasteiger partial charge in [-0.3, -0.25) is 10.3 Å². The van der Waals surface area contributed by atoms with E-state index in [-0.39, 0.29) is 18.6 Å². The Labute approximate surface area is 219 Å². The number of rotatable bonds is 9. The maximum absolute atomic E-state index is 12.3. The first-order valence-electron chi connectivity index (χ1n) is 12.7. The minimum atomic E-state index is -1.18. The van der Waals surface area contributed by atoms with Gasteiger partial charge in [0, 0.05) is 62.4 Å². The number of nitrogens with zero attached hydrogens (tertiary/aromatic N) is 4. The molecule has 1 amide bonds. The molecule has 1 N–H and O–H groups in total. The van der Waals surface area contributed by atoms with Crippen LogP contribution in [0.1, 0.15) is 56.2 Å². The Morgan fingerprint density at radius 3 is 2.62 bits per heavy atom. The van der Waals surface area contributed by atoms with Gasteiger partial charge in [-0.2, -0.15) is 0 Å². The van der Waals surface area contributed by atoms with E-state index in [1.54, 1.807) is 18.5 Å². The van der Waals surface area contributed by atoms with Gasteiger partial charge in [0.05, 0.1) is 10.9 Å². The normalized spacial score (nSPS) is 17.5. The molecule has 1 fully saturated rings. The Hall–Kier alpha value is -3.11. The first-order valence-corrected chi connectivity index (χ1v) is 16.4. The fourth-order valence-electron chi connectivity index (χ4n) is 3.89. The molecule has 4 rings (SSSR count). The van der Waals surface area contributed by atoms with Crippen molar-refractivity contribution in [3.05, 3.63) is 47.8 Å². The quantitative estimate of drug-likeness (QED) is 0.205. The maximum atomic E-state index is 12.3. The molecule has 2 atom stereocenters. The van der Waals surface area contributed by atoms with Crippen molar-refractivity contribution in [1.29, 1.82) is 0 Å². The second-order valence-electron chi connectivity index (χ2n) is 11.7. The number of nitrogens with one attached hydrogen (secondary N) is 1. The number of carbonyl (C=O) groups is 1. The van der Waals surface area contributed by atoms with Crippen molar-refractivity contribution in [2.24, 2.45) is 0 Å². The number of hydrogen-bond acceptors (Lipinski definition) is 8. The number of amides is 1. The minimum Gasteiger partial charge on any atom is -0.467 e. The van der Waals surface area contributed by atoms with Crippen LogP contribution in [0.5, 0.6) is 5.75 Å². The van der Waals surface area contributed by atoms with Gasteiger partial charge in [-0.1, -0.05) is 19.6 Å². The summed E-state index contributed by atoms with van der Waals surface area (Å²) < 4.78 is 17.2. The predicted molar refractivity (Wildman–Crippen MR) is 146 cm³/mol. The van der Waals surface area contributed by atoms with Gasteiger partial charge in [-0.25, -0.2) is 19.7 Å². The number of aryl methyl sites for hydroxylation is 1. The molecular weight excluding hydrogens is 486 g/mol. The summed E-state index contributed by atoms with van der Waals surface area (Å²) in [4.78, 5) is 30.6. The third-order valence-electron chi connectivity index (χ3n) is 5.91. The molecule has 0 unspecified atom stereocenters. The monoisotopic (exact) mass is 523 g/mol. The molecule has 9 nitrogen and oxygen atoms in total. The van der Waals surface area contributed by atoms with Crippen LogP contribution in [0.3, 0.4) is 0 Å². The zero-order valence-corrected chi connectivity index (χ0v) is 23.8. The highest BCUT2D eigenvalue weighted by Crippen LogP contribution is 2.53. The average Bonchev–Trinajstić information content (AvgIpc) is 3.57. The number of hydrogen-bond donors (Lipinski definition) is 1. The van der Waals surface area contributed by atoms with Gasteiger partial charge in [-0.15, -0.1) is 0 Å². The zero-order chi connectivity index (χ0) is 26.8. The molecule has 10 heteroatoms. The van der Waals surface area contributed by atoms with Crippen LogP contribution in [0.15, 0.2) is 30.6 Å². The van der Waals surface area contributed by atoms with Gasteiger partial charge >= 0.3 is 6.09 Å². The number of anilines is 1. The Kier molecular flexibility index (Phi) is 7.79. The van der Waals surface area contributed by atoms with Crippen molar-refractivity contribution >= 4 is 30.9 Å². The molecule has 0 radical (unpaired) electrons. The van der Waals surface area contributed by atoms with Crippen LogP contribution in [0.25, 0.3) is 10.9 Å². The summed E-state index contributed by atoms with van der Waals surface area (Å²) in [5.74, 6) is 2.26. The van der Waals surface area contributed by atoms with Crippen molar-refractivity contribution in [2.75, 3.05) is 18.7 Å². The first-order chi connectivity index (χ1) is 17.4. The van der Waals surface area contributed by atoms with E-state index >= 15 is 0 Å². The number of aromatic nitrogens is 4. The molecule has 1 saturated carbocycles.